The van der Waals surface area contributed by atoms with Crippen molar-refractivity contribution in [1.29, 1.82) is 0 Å². The Balaban J connectivity index is 1.61. The van der Waals surface area contributed by atoms with Crippen LogP contribution in [-0.2, 0) is 6.54 Å². The highest BCUT2D eigenvalue weighted by Gasteiger charge is 2.23. The van der Waals surface area contributed by atoms with E-state index in [4.69, 9.17) is 21.1 Å². The van der Waals surface area contributed by atoms with Gasteiger partial charge in [0.15, 0.2) is 11.5 Å². The molecule has 1 aromatic carbocycles. The fraction of sp³-hybridized carbons (Fsp3) is 0.350. The number of H-pyrrole nitrogens is 1. The minimum absolute atomic E-state index is 0.0445. The fourth-order valence-corrected chi connectivity index (χ4v) is 3.32. The third-order valence-corrected chi connectivity index (χ3v) is 4.92. The maximum absolute atomic E-state index is 12.4. The molecule has 0 bridgehead atoms. The van der Waals surface area contributed by atoms with Crippen molar-refractivity contribution in [3.8, 4) is 11.5 Å². The average molecular weight is 390 g/mol. The molecule has 1 aliphatic rings. The molecule has 2 aromatic rings. The number of nitrogens with zero attached hydrogens (tertiary/aromatic N) is 2. The summed E-state index contributed by atoms with van der Waals surface area (Å²) in [4.78, 5) is 19.5. The second kappa shape index (κ2) is 8.97. The van der Waals surface area contributed by atoms with Gasteiger partial charge in [-0.2, -0.15) is 0 Å². The highest BCUT2D eigenvalue weighted by molar-refractivity contribution is 6.31. The van der Waals surface area contributed by atoms with Crippen molar-refractivity contribution >= 4 is 17.5 Å². The van der Waals surface area contributed by atoms with E-state index in [1.807, 2.05) is 17.0 Å². The second-order valence-corrected chi connectivity index (χ2v) is 6.75. The number of carbonyl (C=O) groups excluding carboxylic acids is 1. The normalized spacial score (nSPS) is 14.8. The van der Waals surface area contributed by atoms with Crippen LogP contribution in [0.4, 0.5) is 0 Å². The number of nitrogens with one attached hydrogen (secondary N) is 1. The van der Waals surface area contributed by atoms with Crippen LogP contribution in [0.25, 0.3) is 0 Å². The van der Waals surface area contributed by atoms with Crippen LogP contribution in [-0.4, -0.2) is 60.6 Å². The molecule has 144 valence electrons. The monoisotopic (exact) mass is 389 g/mol. The molecule has 0 saturated carbocycles. The summed E-state index contributed by atoms with van der Waals surface area (Å²) in [7, 11) is 1.61. The molecule has 0 radical (unpaired) electrons. The van der Waals surface area contributed by atoms with E-state index in [0.29, 0.717) is 48.5 Å². The highest BCUT2D eigenvalue weighted by Crippen LogP contribution is 2.34. The predicted molar refractivity (Wildman–Crippen MR) is 106 cm³/mol. The van der Waals surface area contributed by atoms with Crippen LogP contribution < -0.4 is 9.47 Å². The fourth-order valence-electron chi connectivity index (χ4n) is 3.10. The Morgan fingerprint density at radius 1 is 1.30 bits per heavy atom. The van der Waals surface area contributed by atoms with E-state index < -0.39 is 0 Å². The Bertz CT molecular complexity index is 784. The SMILES string of the molecule is C=CCOc1cc(Cl)c(CN2CCN(C(=O)c3ccc[nH]3)CC2)cc1OC. The molecule has 7 heteroatoms. The van der Waals surface area contributed by atoms with Crippen LogP contribution in [0.15, 0.2) is 43.1 Å². The molecule has 2 heterocycles. The Morgan fingerprint density at radius 2 is 2.07 bits per heavy atom. The molecule has 1 fully saturated rings. The summed E-state index contributed by atoms with van der Waals surface area (Å²) in [6.07, 6.45) is 3.44. The molecule has 1 amide bonds. The molecule has 1 N–H and O–H groups in total. The lowest BCUT2D eigenvalue weighted by atomic mass is 10.1. The predicted octanol–water partition coefficient (Wildman–Crippen LogP) is 3.20. The molecule has 27 heavy (non-hydrogen) atoms. The largest absolute Gasteiger partial charge is 0.493 e. The summed E-state index contributed by atoms with van der Waals surface area (Å²) in [6.45, 7) is 7.69. The molecule has 0 aliphatic carbocycles. The van der Waals surface area contributed by atoms with Crippen molar-refractivity contribution in [2.45, 2.75) is 6.54 Å². The van der Waals surface area contributed by atoms with Crippen LogP contribution in [0.5, 0.6) is 11.5 Å². The van der Waals surface area contributed by atoms with Crippen molar-refractivity contribution in [2.75, 3.05) is 39.9 Å². The zero-order valence-electron chi connectivity index (χ0n) is 15.4. The van der Waals surface area contributed by atoms with E-state index in [-0.39, 0.29) is 5.91 Å². The summed E-state index contributed by atoms with van der Waals surface area (Å²) in [5.41, 5.74) is 1.61. The summed E-state index contributed by atoms with van der Waals surface area (Å²) in [5, 5.41) is 0.639. The number of carbonyl (C=O) groups is 1. The van der Waals surface area contributed by atoms with Crippen LogP contribution in [0, 0.1) is 0 Å². The van der Waals surface area contributed by atoms with Gasteiger partial charge >= 0.3 is 0 Å². The first kappa shape index (κ1) is 19.3. The molecular weight excluding hydrogens is 366 g/mol. The Kier molecular flexibility index (Phi) is 6.42. The van der Waals surface area contributed by atoms with Crippen molar-refractivity contribution < 1.29 is 14.3 Å². The number of amides is 1. The number of benzene rings is 1. The molecule has 0 spiro atoms. The van der Waals surface area contributed by atoms with Crippen LogP contribution >= 0.6 is 11.6 Å². The molecule has 6 nitrogen and oxygen atoms in total. The number of hydrogen-bond acceptors (Lipinski definition) is 4. The van der Waals surface area contributed by atoms with E-state index in [9.17, 15) is 4.79 Å². The number of aromatic nitrogens is 1. The third-order valence-electron chi connectivity index (χ3n) is 4.57. The number of aromatic amines is 1. The molecule has 3 rings (SSSR count). The first-order chi connectivity index (χ1) is 13.1. The third kappa shape index (κ3) is 4.64. The van der Waals surface area contributed by atoms with Gasteiger partial charge in [-0.15, -0.1) is 0 Å². The van der Waals surface area contributed by atoms with Gasteiger partial charge in [0.2, 0.25) is 0 Å². The summed E-state index contributed by atoms with van der Waals surface area (Å²) >= 11 is 6.45. The number of rotatable bonds is 7. The van der Waals surface area contributed by atoms with E-state index >= 15 is 0 Å². The second-order valence-electron chi connectivity index (χ2n) is 6.35. The van der Waals surface area contributed by atoms with Gasteiger partial charge in [0, 0.05) is 50.0 Å². The van der Waals surface area contributed by atoms with Gasteiger partial charge in [0.05, 0.1) is 7.11 Å². The highest BCUT2D eigenvalue weighted by atomic mass is 35.5. The maximum Gasteiger partial charge on any atom is 0.270 e. The standard InChI is InChI=1S/C20H24ClN3O3/c1-3-11-27-19-13-16(21)15(12-18(19)26-2)14-23-7-9-24(10-8-23)20(25)17-5-4-6-22-17/h3-6,12-13,22H,1,7-11,14H2,2H3. The zero-order valence-corrected chi connectivity index (χ0v) is 16.2. The first-order valence-corrected chi connectivity index (χ1v) is 9.25. The van der Waals surface area contributed by atoms with E-state index in [1.54, 1.807) is 31.5 Å². The molecule has 0 atom stereocenters. The van der Waals surface area contributed by atoms with Gasteiger partial charge in [-0.05, 0) is 23.8 Å². The summed E-state index contributed by atoms with van der Waals surface area (Å²) in [5.74, 6) is 1.30. The number of hydrogen-bond donors (Lipinski definition) is 1. The Morgan fingerprint density at radius 3 is 2.70 bits per heavy atom. The smallest absolute Gasteiger partial charge is 0.270 e. The van der Waals surface area contributed by atoms with Gasteiger partial charge in [-0.25, -0.2) is 0 Å². The van der Waals surface area contributed by atoms with E-state index in [0.717, 1.165) is 18.7 Å². The van der Waals surface area contributed by atoms with Crippen molar-refractivity contribution in [3.63, 3.8) is 0 Å². The average Bonchev–Trinajstić information content (AvgIpc) is 3.23. The maximum atomic E-state index is 12.4. The van der Waals surface area contributed by atoms with E-state index in [1.165, 1.54) is 0 Å². The minimum Gasteiger partial charge on any atom is -0.493 e. The molecule has 0 unspecified atom stereocenters. The van der Waals surface area contributed by atoms with Crippen LogP contribution in [0.1, 0.15) is 16.1 Å². The number of piperazine rings is 1. The van der Waals surface area contributed by atoms with Gasteiger partial charge in [0.25, 0.3) is 5.91 Å². The minimum atomic E-state index is 0.0445. The number of ether oxygens (including phenoxy) is 2. The summed E-state index contributed by atoms with van der Waals surface area (Å²) in [6, 6.07) is 7.33. The number of methoxy groups -OCH3 is 1. The van der Waals surface area contributed by atoms with Crippen LogP contribution in [0.3, 0.4) is 0 Å². The van der Waals surface area contributed by atoms with Gasteiger partial charge in [-0.3, -0.25) is 9.69 Å². The lowest BCUT2D eigenvalue weighted by Crippen LogP contribution is -2.48. The quantitative estimate of drug-likeness (QED) is 0.739. The van der Waals surface area contributed by atoms with Crippen molar-refractivity contribution in [3.05, 3.63) is 59.4 Å². The lowest BCUT2D eigenvalue weighted by molar-refractivity contribution is 0.0623. The van der Waals surface area contributed by atoms with E-state index in [2.05, 4.69) is 16.5 Å². The molecule has 1 aromatic heterocycles. The molecule has 1 saturated heterocycles. The zero-order chi connectivity index (χ0) is 19.2. The topological polar surface area (TPSA) is 57.8 Å². The Hall–Kier alpha value is -2.44. The van der Waals surface area contributed by atoms with Gasteiger partial charge in [-0.1, -0.05) is 24.3 Å². The Labute approximate surface area is 164 Å². The molecular formula is C20H24ClN3O3. The summed E-state index contributed by atoms with van der Waals surface area (Å²) < 4.78 is 11.0. The van der Waals surface area contributed by atoms with Crippen molar-refractivity contribution in [2.24, 2.45) is 0 Å². The molecule has 1 aliphatic heterocycles. The lowest BCUT2D eigenvalue weighted by Gasteiger charge is -2.34. The van der Waals surface area contributed by atoms with Crippen LogP contribution in [0.2, 0.25) is 5.02 Å². The first-order valence-electron chi connectivity index (χ1n) is 8.87. The number of halogens is 1. The van der Waals surface area contributed by atoms with Crippen molar-refractivity contribution in [1.82, 2.24) is 14.8 Å². The van der Waals surface area contributed by atoms with Gasteiger partial charge in [0.1, 0.15) is 12.3 Å². The van der Waals surface area contributed by atoms with Gasteiger partial charge < -0.3 is 19.4 Å².